The van der Waals surface area contributed by atoms with Crippen molar-refractivity contribution in [3.05, 3.63) is 70.3 Å². The van der Waals surface area contributed by atoms with Crippen molar-refractivity contribution in [2.75, 3.05) is 5.32 Å². The molecule has 108 valence electrons. The number of anilines is 1. The lowest BCUT2D eigenvalue weighted by Gasteiger charge is -2.15. The molecule has 0 spiro atoms. The summed E-state index contributed by atoms with van der Waals surface area (Å²) >= 11 is 0. The van der Waals surface area contributed by atoms with Crippen LogP contribution in [0.25, 0.3) is 0 Å². The van der Waals surface area contributed by atoms with Crippen LogP contribution in [0.1, 0.15) is 18.5 Å². The van der Waals surface area contributed by atoms with Gasteiger partial charge in [0.15, 0.2) is 0 Å². The molecular weight excluding hydrogens is 270 g/mol. The molecule has 0 aromatic heterocycles. The van der Waals surface area contributed by atoms with E-state index >= 15 is 0 Å². The van der Waals surface area contributed by atoms with Crippen LogP contribution < -0.4 is 10.6 Å². The summed E-state index contributed by atoms with van der Waals surface area (Å²) in [5, 5.41) is 16.1. The van der Waals surface area contributed by atoms with Gasteiger partial charge in [0, 0.05) is 6.07 Å². The van der Waals surface area contributed by atoms with Gasteiger partial charge in [0.1, 0.15) is 5.69 Å². The van der Waals surface area contributed by atoms with Crippen molar-refractivity contribution in [2.24, 2.45) is 0 Å². The quantitative estimate of drug-likeness (QED) is 0.666. The third-order valence-corrected chi connectivity index (χ3v) is 3.00. The van der Waals surface area contributed by atoms with E-state index in [-0.39, 0.29) is 17.4 Å². The van der Waals surface area contributed by atoms with Gasteiger partial charge in [0.2, 0.25) is 0 Å². The van der Waals surface area contributed by atoms with Gasteiger partial charge >= 0.3 is 6.03 Å². The van der Waals surface area contributed by atoms with Gasteiger partial charge in [-0.15, -0.1) is 0 Å². The van der Waals surface area contributed by atoms with Gasteiger partial charge in [-0.25, -0.2) is 4.79 Å². The van der Waals surface area contributed by atoms with E-state index in [9.17, 15) is 14.9 Å². The van der Waals surface area contributed by atoms with Gasteiger partial charge in [-0.3, -0.25) is 10.1 Å². The number of hydrogen-bond acceptors (Lipinski definition) is 3. The molecule has 0 heterocycles. The van der Waals surface area contributed by atoms with Crippen LogP contribution in [0, 0.1) is 10.1 Å². The van der Waals surface area contributed by atoms with E-state index < -0.39 is 11.0 Å². The molecule has 0 aliphatic rings. The first kappa shape index (κ1) is 14.5. The summed E-state index contributed by atoms with van der Waals surface area (Å²) in [4.78, 5) is 22.3. The number of nitro groups is 1. The van der Waals surface area contributed by atoms with Crippen LogP contribution in [-0.2, 0) is 0 Å². The lowest BCUT2D eigenvalue weighted by atomic mass is 10.1. The molecule has 0 aliphatic heterocycles. The summed E-state index contributed by atoms with van der Waals surface area (Å²) < 4.78 is 0. The Hall–Kier alpha value is -2.89. The molecule has 2 N–H and O–H groups in total. The van der Waals surface area contributed by atoms with Crippen LogP contribution >= 0.6 is 0 Å². The van der Waals surface area contributed by atoms with Crippen molar-refractivity contribution < 1.29 is 9.72 Å². The molecule has 2 rings (SSSR count). The van der Waals surface area contributed by atoms with Gasteiger partial charge in [0.25, 0.3) is 5.69 Å². The summed E-state index contributed by atoms with van der Waals surface area (Å²) in [5.74, 6) is 0. The Labute approximate surface area is 121 Å². The monoisotopic (exact) mass is 285 g/mol. The number of amides is 2. The van der Waals surface area contributed by atoms with E-state index in [2.05, 4.69) is 10.6 Å². The largest absolute Gasteiger partial charge is 0.331 e. The number of nitrogens with one attached hydrogen (secondary N) is 2. The van der Waals surface area contributed by atoms with Gasteiger partial charge in [-0.2, -0.15) is 0 Å². The number of urea groups is 1. The van der Waals surface area contributed by atoms with E-state index in [4.69, 9.17) is 0 Å². The van der Waals surface area contributed by atoms with Crippen molar-refractivity contribution >= 4 is 17.4 Å². The molecule has 2 amide bonds. The van der Waals surface area contributed by atoms with Crippen molar-refractivity contribution in [3.8, 4) is 0 Å². The maximum absolute atomic E-state index is 11.9. The van der Waals surface area contributed by atoms with Crippen molar-refractivity contribution in [3.63, 3.8) is 0 Å². The lowest BCUT2D eigenvalue weighted by Crippen LogP contribution is -2.31. The Morgan fingerprint density at radius 3 is 2.38 bits per heavy atom. The number of carbonyl (C=O) groups is 1. The second-order valence-corrected chi connectivity index (χ2v) is 4.51. The minimum absolute atomic E-state index is 0.139. The second kappa shape index (κ2) is 6.51. The highest BCUT2D eigenvalue weighted by Crippen LogP contribution is 2.23. The van der Waals surface area contributed by atoms with Crippen LogP contribution in [0.5, 0.6) is 0 Å². The van der Waals surface area contributed by atoms with Crippen LogP contribution in [0.4, 0.5) is 16.2 Å². The molecule has 6 nitrogen and oxygen atoms in total. The third kappa shape index (κ3) is 3.79. The van der Waals surface area contributed by atoms with E-state index in [0.717, 1.165) is 5.56 Å². The number of benzene rings is 2. The van der Waals surface area contributed by atoms with E-state index in [0.29, 0.717) is 0 Å². The fraction of sp³-hybridized carbons (Fsp3) is 0.133. The van der Waals surface area contributed by atoms with Gasteiger partial charge < -0.3 is 10.6 Å². The predicted octanol–water partition coefficient (Wildman–Crippen LogP) is 3.48. The zero-order chi connectivity index (χ0) is 15.2. The van der Waals surface area contributed by atoms with Crippen LogP contribution in [0.2, 0.25) is 0 Å². The molecule has 21 heavy (non-hydrogen) atoms. The number of nitrogens with zero attached hydrogens (tertiary/aromatic N) is 1. The van der Waals surface area contributed by atoms with Gasteiger partial charge in [-0.1, -0.05) is 42.5 Å². The Bertz CT molecular complexity index is 644. The molecular formula is C15H15N3O3. The Morgan fingerprint density at radius 2 is 1.71 bits per heavy atom. The van der Waals surface area contributed by atoms with Crippen LogP contribution in [0.3, 0.4) is 0 Å². The Kier molecular flexibility index (Phi) is 4.50. The number of nitro benzene ring substituents is 1. The topological polar surface area (TPSA) is 84.3 Å². The average molecular weight is 285 g/mol. The molecule has 0 unspecified atom stereocenters. The minimum atomic E-state index is -0.532. The SMILES string of the molecule is C[C@H](NC(=O)Nc1ccccc1[N+](=O)[O-])c1ccccc1. The number of hydrogen-bond donors (Lipinski definition) is 2. The summed E-state index contributed by atoms with van der Waals surface area (Å²) in [6.45, 7) is 1.84. The highest BCUT2D eigenvalue weighted by Gasteiger charge is 2.16. The third-order valence-electron chi connectivity index (χ3n) is 3.00. The minimum Gasteiger partial charge on any atom is -0.331 e. The number of carbonyl (C=O) groups excluding carboxylic acids is 1. The molecule has 1 atom stereocenters. The molecule has 2 aromatic carbocycles. The highest BCUT2D eigenvalue weighted by atomic mass is 16.6. The second-order valence-electron chi connectivity index (χ2n) is 4.51. The van der Waals surface area contributed by atoms with Crippen LogP contribution in [-0.4, -0.2) is 11.0 Å². The fourth-order valence-electron chi connectivity index (χ4n) is 1.92. The number of para-hydroxylation sites is 2. The standard InChI is InChI=1S/C15H15N3O3/c1-11(12-7-3-2-4-8-12)16-15(19)17-13-9-5-6-10-14(13)18(20)21/h2-11H,1H3,(H2,16,17,19)/t11-/m0/s1. The zero-order valence-electron chi connectivity index (χ0n) is 11.4. The summed E-state index contributed by atoms with van der Waals surface area (Å²) in [6.07, 6.45) is 0. The van der Waals surface area contributed by atoms with E-state index in [1.165, 1.54) is 12.1 Å². The first-order valence-corrected chi connectivity index (χ1v) is 6.44. The Balaban J connectivity index is 2.04. The highest BCUT2D eigenvalue weighted by molar-refractivity contribution is 5.91. The van der Waals surface area contributed by atoms with Crippen molar-refractivity contribution in [1.29, 1.82) is 0 Å². The van der Waals surface area contributed by atoms with Crippen molar-refractivity contribution in [2.45, 2.75) is 13.0 Å². The maximum Gasteiger partial charge on any atom is 0.319 e. The molecule has 0 radical (unpaired) electrons. The molecule has 0 fully saturated rings. The predicted molar refractivity (Wildman–Crippen MR) is 80.1 cm³/mol. The van der Waals surface area contributed by atoms with Crippen LogP contribution in [0.15, 0.2) is 54.6 Å². The first-order chi connectivity index (χ1) is 10.1. The summed E-state index contributed by atoms with van der Waals surface area (Å²) in [5.41, 5.74) is 0.982. The maximum atomic E-state index is 11.9. The fourth-order valence-corrected chi connectivity index (χ4v) is 1.92. The first-order valence-electron chi connectivity index (χ1n) is 6.44. The molecule has 0 bridgehead atoms. The van der Waals surface area contributed by atoms with Crippen molar-refractivity contribution in [1.82, 2.24) is 5.32 Å². The summed E-state index contributed by atoms with van der Waals surface area (Å²) in [6, 6.07) is 14.8. The molecule has 0 saturated heterocycles. The summed E-state index contributed by atoms with van der Waals surface area (Å²) in [7, 11) is 0. The van der Waals surface area contributed by atoms with E-state index in [1.807, 2.05) is 37.3 Å². The molecule has 0 aliphatic carbocycles. The van der Waals surface area contributed by atoms with Gasteiger partial charge in [-0.05, 0) is 18.6 Å². The average Bonchev–Trinajstić information content (AvgIpc) is 2.48. The van der Waals surface area contributed by atoms with E-state index in [1.54, 1.807) is 12.1 Å². The Morgan fingerprint density at radius 1 is 1.10 bits per heavy atom. The molecule has 0 saturated carbocycles. The van der Waals surface area contributed by atoms with Gasteiger partial charge in [0.05, 0.1) is 11.0 Å². The molecule has 6 heteroatoms. The smallest absolute Gasteiger partial charge is 0.319 e. The molecule has 2 aromatic rings. The zero-order valence-corrected chi connectivity index (χ0v) is 11.4. The normalized spacial score (nSPS) is 11.5. The lowest BCUT2D eigenvalue weighted by molar-refractivity contribution is -0.383. The number of rotatable bonds is 4.